The quantitative estimate of drug-likeness (QED) is 0.420. The summed E-state index contributed by atoms with van der Waals surface area (Å²) in [4.78, 5) is 33.9. The number of allylic oxidation sites excluding steroid dienone is 2. The molecule has 0 aromatic heterocycles. The van der Waals surface area contributed by atoms with E-state index in [2.05, 4.69) is 18.3 Å². The first-order valence-corrected chi connectivity index (χ1v) is 8.29. The second kappa shape index (κ2) is 7.23. The van der Waals surface area contributed by atoms with Crippen LogP contribution in [-0.2, 0) is 19.1 Å². The van der Waals surface area contributed by atoms with Gasteiger partial charge in [0.15, 0.2) is 0 Å². The minimum atomic E-state index is -0.981. The van der Waals surface area contributed by atoms with Crippen LogP contribution in [0.15, 0.2) is 11.6 Å². The van der Waals surface area contributed by atoms with Crippen LogP contribution < -0.4 is 5.32 Å². The number of carbonyl (C=O) groups is 3. The second-order valence-corrected chi connectivity index (χ2v) is 6.74. The first-order valence-electron chi connectivity index (χ1n) is 8.29. The van der Waals surface area contributed by atoms with Crippen molar-refractivity contribution in [1.82, 2.24) is 5.32 Å². The molecule has 0 radical (unpaired) electrons. The monoisotopic (exact) mass is 339 g/mol. The Morgan fingerprint density at radius 1 is 1.42 bits per heavy atom. The molecule has 0 heterocycles. The number of ether oxygens (including phenoxy) is 2. The second-order valence-electron chi connectivity index (χ2n) is 6.74. The molecular weight excluding hydrogens is 314 g/mol. The van der Waals surface area contributed by atoms with Crippen molar-refractivity contribution in [3.63, 3.8) is 0 Å². The van der Waals surface area contributed by atoms with Gasteiger partial charge in [0.2, 0.25) is 6.29 Å². The fraction of sp³-hybridized carbons (Fsp3) is 0.706. The van der Waals surface area contributed by atoms with E-state index in [1.807, 2.05) is 0 Å². The van der Waals surface area contributed by atoms with Gasteiger partial charge in [-0.2, -0.15) is 0 Å². The Morgan fingerprint density at radius 2 is 2.12 bits per heavy atom. The third-order valence-corrected chi connectivity index (χ3v) is 4.97. The molecule has 0 bridgehead atoms. The van der Waals surface area contributed by atoms with Crippen LogP contribution in [0.3, 0.4) is 0 Å². The molecule has 2 aliphatic carbocycles. The predicted octanol–water partition coefficient (Wildman–Crippen LogP) is 2.46. The van der Waals surface area contributed by atoms with Crippen molar-refractivity contribution in [1.29, 1.82) is 0 Å². The van der Waals surface area contributed by atoms with Crippen LogP contribution in [0.5, 0.6) is 0 Å². The molecule has 0 saturated heterocycles. The van der Waals surface area contributed by atoms with E-state index in [0.717, 1.165) is 19.3 Å². The first-order chi connectivity index (χ1) is 11.3. The maximum atomic E-state index is 11.8. The van der Waals surface area contributed by atoms with E-state index in [4.69, 9.17) is 9.47 Å². The average Bonchev–Trinajstić information content (AvgIpc) is 2.80. The van der Waals surface area contributed by atoms with E-state index in [1.54, 1.807) is 0 Å². The zero-order chi connectivity index (χ0) is 17.9. The van der Waals surface area contributed by atoms with Crippen LogP contribution in [-0.4, -0.2) is 36.0 Å². The number of carboxylic acids is 1. The Kier molecular flexibility index (Phi) is 5.51. The summed E-state index contributed by atoms with van der Waals surface area (Å²) in [6.07, 6.45) is 3.29. The summed E-state index contributed by atoms with van der Waals surface area (Å²) in [6.45, 7) is 5.01. The number of carboxylic acid groups (broad SMARTS) is 1. The predicted molar refractivity (Wildman–Crippen MR) is 85.0 cm³/mol. The number of hydrogen-bond donors (Lipinski definition) is 2. The molecule has 1 fully saturated rings. The van der Waals surface area contributed by atoms with Gasteiger partial charge in [-0.05, 0) is 31.1 Å². The lowest BCUT2D eigenvalue weighted by atomic mass is 9.53. The van der Waals surface area contributed by atoms with E-state index >= 15 is 0 Å². The van der Waals surface area contributed by atoms with Gasteiger partial charge in [0, 0.05) is 25.8 Å². The van der Waals surface area contributed by atoms with Gasteiger partial charge < -0.3 is 19.9 Å². The zero-order valence-electron chi connectivity index (χ0n) is 14.3. The van der Waals surface area contributed by atoms with Crippen LogP contribution >= 0.6 is 0 Å². The number of esters is 1. The van der Waals surface area contributed by atoms with Gasteiger partial charge in [-0.15, -0.1) is 0 Å². The summed E-state index contributed by atoms with van der Waals surface area (Å²) < 4.78 is 9.66. The van der Waals surface area contributed by atoms with Crippen molar-refractivity contribution in [2.45, 2.75) is 52.7 Å². The van der Waals surface area contributed by atoms with E-state index in [9.17, 15) is 19.5 Å². The summed E-state index contributed by atoms with van der Waals surface area (Å²) in [5.41, 5.74) is 0.903. The number of hydrogen-bond acceptors (Lipinski definition) is 5. The molecule has 24 heavy (non-hydrogen) atoms. The summed E-state index contributed by atoms with van der Waals surface area (Å²) in [7, 11) is 0. The first kappa shape index (κ1) is 18.3. The Hall–Kier alpha value is -2.05. The van der Waals surface area contributed by atoms with E-state index in [1.165, 1.54) is 19.4 Å². The highest BCUT2D eigenvalue weighted by atomic mass is 16.7. The number of fused-ring (bicyclic) bond motifs is 1. The molecule has 2 N–H and O–H groups in total. The molecule has 0 aromatic rings. The van der Waals surface area contributed by atoms with Crippen molar-refractivity contribution in [3.05, 3.63) is 11.6 Å². The van der Waals surface area contributed by atoms with Crippen molar-refractivity contribution >= 4 is 18.0 Å². The molecule has 4 atom stereocenters. The van der Waals surface area contributed by atoms with Crippen molar-refractivity contribution in [3.8, 4) is 0 Å². The van der Waals surface area contributed by atoms with Crippen LogP contribution in [0, 0.1) is 17.3 Å². The van der Waals surface area contributed by atoms with E-state index in [0.29, 0.717) is 5.92 Å². The Morgan fingerprint density at radius 3 is 2.71 bits per heavy atom. The van der Waals surface area contributed by atoms with Crippen molar-refractivity contribution < 1.29 is 29.0 Å². The fourth-order valence-electron chi connectivity index (χ4n) is 4.00. The molecule has 7 nitrogen and oxygen atoms in total. The van der Waals surface area contributed by atoms with Crippen LogP contribution in [0.2, 0.25) is 0 Å². The third-order valence-electron chi connectivity index (χ3n) is 4.97. The van der Waals surface area contributed by atoms with Gasteiger partial charge in [0.05, 0.1) is 6.42 Å². The number of carbonyl (C=O) groups excluding carboxylic acids is 2. The lowest BCUT2D eigenvalue weighted by Gasteiger charge is -2.51. The Balaban J connectivity index is 1.94. The van der Waals surface area contributed by atoms with Gasteiger partial charge in [0.25, 0.3) is 0 Å². The van der Waals surface area contributed by atoms with Crippen molar-refractivity contribution in [2.75, 3.05) is 6.54 Å². The molecule has 0 aromatic carbocycles. The molecule has 2 aliphatic rings. The highest BCUT2D eigenvalue weighted by Crippen LogP contribution is 2.59. The van der Waals surface area contributed by atoms with Crippen LogP contribution in [0.25, 0.3) is 0 Å². The smallest absolute Gasteiger partial charge is 0.410 e. The maximum Gasteiger partial charge on any atom is 0.410 e. The number of nitrogens with one attached hydrogen (secondary N) is 1. The number of aliphatic carboxylic acids is 1. The topological polar surface area (TPSA) is 102 Å². The standard InChI is InChI=1S/C17H25NO6/c1-4-12-5-13-7-17(8-15(20)21,14(13)6-12)9-18-16(22)24-11(3)23-10(2)19/h6,11,13-14H,4-5,7-9H2,1-3H3,(H,18,22)(H,20,21)/t11-,13+,14+,17+/m1/s1. The van der Waals surface area contributed by atoms with Gasteiger partial charge >= 0.3 is 18.0 Å². The molecule has 0 spiro atoms. The summed E-state index contributed by atoms with van der Waals surface area (Å²) in [6, 6.07) is 0. The molecule has 7 heteroatoms. The molecule has 134 valence electrons. The Labute approximate surface area is 141 Å². The van der Waals surface area contributed by atoms with Crippen LogP contribution in [0.1, 0.15) is 46.5 Å². The number of amides is 1. The number of alkyl carbamates (subject to hydrolysis) is 1. The molecule has 0 aliphatic heterocycles. The summed E-state index contributed by atoms with van der Waals surface area (Å²) >= 11 is 0. The zero-order valence-corrected chi connectivity index (χ0v) is 14.3. The van der Waals surface area contributed by atoms with Gasteiger partial charge in [-0.1, -0.05) is 18.6 Å². The van der Waals surface area contributed by atoms with E-state index in [-0.39, 0.29) is 18.9 Å². The Bertz CT molecular complexity index is 557. The maximum absolute atomic E-state index is 11.8. The van der Waals surface area contributed by atoms with E-state index < -0.39 is 29.7 Å². The van der Waals surface area contributed by atoms with Crippen LogP contribution in [0.4, 0.5) is 4.79 Å². The molecule has 1 saturated carbocycles. The summed E-state index contributed by atoms with van der Waals surface area (Å²) in [5, 5.41) is 11.9. The largest absolute Gasteiger partial charge is 0.481 e. The average molecular weight is 339 g/mol. The minimum absolute atomic E-state index is 0.0153. The van der Waals surface area contributed by atoms with Crippen molar-refractivity contribution in [2.24, 2.45) is 17.3 Å². The highest BCUT2D eigenvalue weighted by Gasteiger charge is 2.55. The third kappa shape index (κ3) is 4.07. The summed E-state index contributed by atoms with van der Waals surface area (Å²) in [5.74, 6) is -0.732. The molecule has 0 unspecified atom stereocenters. The lowest BCUT2D eigenvalue weighted by molar-refractivity contribution is -0.162. The minimum Gasteiger partial charge on any atom is -0.481 e. The fourth-order valence-corrected chi connectivity index (χ4v) is 4.00. The molecular formula is C17H25NO6. The number of rotatable bonds is 7. The lowest BCUT2D eigenvalue weighted by Crippen LogP contribution is -2.53. The van der Waals surface area contributed by atoms with Gasteiger partial charge in [0.1, 0.15) is 0 Å². The highest BCUT2D eigenvalue weighted by molar-refractivity contribution is 5.70. The SMILES string of the molecule is CCC1=C[C@H]2[C@@H](C1)C[C@@]2(CNC(=O)O[C@H](C)OC(C)=O)CC(=O)O. The van der Waals surface area contributed by atoms with Gasteiger partial charge in [-0.25, -0.2) is 4.79 Å². The van der Waals surface area contributed by atoms with Gasteiger partial charge in [-0.3, -0.25) is 9.59 Å². The molecule has 1 amide bonds. The normalized spacial score (nSPS) is 28.9. The molecule has 2 rings (SSSR count).